The summed E-state index contributed by atoms with van der Waals surface area (Å²) >= 11 is 0. The van der Waals surface area contributed by atoms with Crippen LogP contribution in [0.1, 0.15) is 66.1 Å². The van der Waals surface area contributed by atoms with E-state index in [9.17, 15) is 4.79 Å². The maximum absolute atomic E-state index is 13.1. The molecule has 5 rings (SSSR count). The molecule has 33 heavy (non-hydrogen) atoms. The van der Waals surface area contributed by atoms with Crippen LogP contribution in [0, 0.1) is 6.92 Å². The first-order valence-electron chi connectivity index (χ1n) is 12.0. The molecule has 4 nitrogen and oxygen atoms in total. The van der Waals surface area contributed by atoms with Gasteiger partial charge >= 0.3 is 0 Å². The van der Waals surface area contributed by atoms with Crippen molar-refractivity contribution >= 4 is 23.0 Å². The van der Waals surface area contributed by atoms with Gasteiger partial charge in [-0.05, 0) is 50.5 Å². The Morgan fingerprint density at radius 3 is 2.33 bits per heavy atom. The van der Waals surface area contributed by atoms with E-state index in [4.69, 9.17) is 4.99 Å². The average molecular weight is 438 g/mol. The van der Waals surface area contributed by atoms with Crippen LogP contribution in [0.5, 0.6) is 0 Å². The number of benzene rings is 3. The second-order valence-electron chi connectivity index (χ2n) is 9.47. The fraction of sp³-hybridized carbons (Fsp3) is 0.310. The Kier molecular flexibility index (Phi) is 5.76. The molecule has 1 aliphatic carbocycles. The lowest BCUT2D eigenvalue weighted by atomic mass is 9.86. The second kappa shape index (κ2) is 8.86. The lowest BCUT2D eigenvalue weighted by Crippen LogP contribution is -2.48. The second-order valence-corrected chi connectivity index (χ2v) is 9.47. The Hall–Kier alpha value is -3.40. The van der Waals surface area contributed by atoms with Crippen LogP contribution in [0.3, 0.4) is 0 Å². The first-order valence-corrected chi connectivity index (χ1v) is 12.0. The smallest absolute Gasteiger partial charge is 0.193 e. The number of anilines is 2. The Morgan fingerprint density at radius 2 is 1.61 bits per heavy atom. The van der Waals surface area contributed by atoms with E-state index in [-0.39, 0.29) is 5.78 Å². The molecular formula is C29H31N3O. The summed E-state index contributed by atoms with van der Waals surface area (Å²) in [7, 11) is 0. The van der Waals surface area contributed by atoms with Crippen LogP contribution in [-0.4, -0.2) is 17.7 Å². The van der Waals surface area contributed by atoms with E-state index in [1.807, 2.05) is 48.5 Å². The molecule has 1 fully saturated rings. The van der Waals surface area contributed by atoms with Gasteiger partial charge in [-0.1, -0.05) is 79.4 Å². The van der Waals surface area contributed by atoms with Crippen LogP contribution in [0.15, 0.2) is 77.8 Å². The van der Waals surface area contributed by atoms with Crippen molar-refractivity contribution in [2.45, 2.75) is 57.5 Å². The zero-order valence-electron chi connectivity index (χ0n) is 19.4. The van der Waals surface area contributed by atoms with Gasteiger partial charge in [-0.25, -0.2) is 0 Å². The zero-order valence-corrected chi connectivity index (χ0v) is 19.4. The van der Waals surface area contributed by atoms with Crippen LogP contribution in [0.25, 0.3) is 0 Å². The predicted molar refractivity (Wildman–Crippen MR) is 136 cm³/mol. The predicted octanol–water partition coefficient (Wildman–Crippen LogP) is 6.71. The topological polar surface area (TPSA) is 53.5 Å². The van der Waals surface area contributed by atoms with Crippen LogP contribution < -0.4 is 10.6 Å². The fourth-order valence-corrected chi connectivity index (χ4v) is 4.89. The molecule has 0 spiro atoms. The number of aryl methyl sites for hydroxylation is 1. The minimum absolute atomic E-state index is 0.0268. The van der Waals surface area contributed by atoms with Crippen molar-refractivity contribution in [1.29, 1.82) is 0 Å². The van der Waals surface area contributed by atoms with E-state index in [1.165, 1.54) is 24.8 Å². The molecule has 1 heterocycles. The molecule has 1 unspecified atom stereocenters. The Bertz CT molecular complexity index is 1180. The Balaban J connectivity index is 1.54. The number of hydrogen-bond acceptors (Lipinski definition) is 3. The van der Waals surface area contributed by atoms with Crippen molar-refractivity contribution in [1.82, 2.24) is 0 Å². The Labute approximate surface area is 196 Å². The van der Waals surface area contributed by atoms with Gasteiger partial charge in [0.25, 0.3) is 0 Å². The van der Waals surface area contributed by atoms with E-state index >= 15 is 0 Å². The van der Waals surface area contributed by atoms with Gasteiger partial charge in [-0.3, -0.25) is 9.79 Å². The van der Waals surface area contributed by atoms with Crippen molar-refractivity contribution in [2.75, 3.05) is 10.6 Å². The van der Waals surface area contributed by atoms with E-state index in [2.05, 4.69) is 48.7 Å². The summed E-state index contributed by atoms with van der Waals surface area (Å²) in [6.45, 7) is 4.29. The quantitative estimate of drug-likeness (QED) is 0.446. The Morgan fingerprint density at radius 1 is 0.879 bits per heavy atom. The van der Waals surface area contributed by atoms with E-state index in [0.29, 0.717) is 17.2 Å². The van der Waals surface area contributed by atoms with E-state index in [1.54, 1.807) is 0 Å². The molecule has 4 heteroatoms. The van der Waals surface area contributed by atoms with Gasteiger partial charge in [0.15, 0.2) is 5.78 Å². The lowest BCUT2D eigenvalue weighted by molar-refractivity contribution is 0.103. The molecule has 0 bridgehead atoms. The highest BCUT2D eigenvalue weighted by Gasteiger charge is 2.38. The maximum Gasteiger partial charge on any atom is 0.193 e. The summed E-state index contributed by atoms with van der Waals surface area (Å²) < 4.78 is 0. The lowest BCUT2D eigenvalue weighted by Gasteiger charge is -2.40. The van der Waals surface area contributed by atoms with Gasteiger partial charge in [-0.15, -0.1) is 0 Å². The van der Waals surface area contributed by atoms with Crippen LogP contribution in [-0.2, 0) is 5.54 Å². The molecule has 0 aromatic heterocycles. The molecule has 0 radical (unpaired) electrons. The maximum atomic E-state index is 13.1. The van der Waals surface area contributed by atoms with E-state index < -0.39 is 5.54 Å². The summed E-state index contributed by atoms with van der Waals surface area (Å²) in [5.41, 5.74) is 5.12. The summed E-state index contributed by atoms with van der Waals surface area (Å²) in [5, 5.41) is 7.38. The van der Waals surface area contributed by atoms with E-state index in [0.717, 1.165) is 35.6 Å². The van der Waals surface area contributed by atoms with Crippen molar-refractivity contribution < 1.29 is 4.79 Å². The molecule has 2 aliphatic rings. The minimum atomic E-state index is -0.507. The number of amidine groups is 1. The van der Waals surface area contributed by atoms with Crippen LogP contribution in [0.4, 0.5) is 11.4 Å². The van der Waals surface area contributed by atoms with Crippen molar-refractivity contribution in [3.05, 3.63) is 95.1 Å². The summed E-state index contributed by atoms with van der Waals surface area (Å²) in [6, 6.07) is 24.3. The number of rotatable bonds is 4. The molecular weight excluding hydrogens is 406 g/mol. The first kappa shape index (κ1) is 21.4. The molecule has 1 aliphatic heterocycles. The highest BCUT2D eigenvalue weighted by atomic mass is 16.1. The number of ketones is 1. The van der Waals surface area contributed by atoms with Gasteiger partial charge in [0.05, 0.1) is 17.4 Å². The molecule has 0 saturated heterocycles. The fourth-order valence-electron chi connectivity index (χ4n) is 4.89. The molecule has 0 amide bonds. The summed E-state index contributed by atoms with van der Waals surface area (Å²) in [6.07, 6.45) is 6.09. The molecule has 168 valence electrons. The average Bonchev–Trinajstić information content (AvgIpc) is 2.85. The molecule has 1 atom stereocenters. The highest BCUT2D eigenvalue weighted by Crippen LogP contribution is 2.39. The standard InChI is InChI=1S/C29H31N3O/c1-20-13-16-23(17-14-20)29(2)28(30-24-11-7-4-8-12-24)31-25-18-15-22(19-26(25)32-29)27(33)21-9-5-3-6-10-21/h3,5-6,9-10,13-19,24,32H,4,7-8,11-12H2,1-2H3,(H,30,31). The highest BCUT2D eigenvalue weighted by molar-refractivity contribution is 6.13. The third-order valence-corrected chi connectivity index (χ3v) is 6.94. The van der Waals surface area contributed by atoms with Gasteiger partial charge in [0, 0.05) is 11.1 Å². The molecule has 2 N–H and O–H groups in total. The number of carbonyl (C=O) groups is 1. The first-order chi connectivity index (χ1) is 16.0. The minimum Gasteiger partial charge on any atom is -0.368 e. The van der Waals surface area contributed by atoms with Crippen LogP contribution >= 0.6 is 0 Å². The van der Waals surface area contributed by atoms with Crippen molar-refractivity contribution in [3.8, 4) is 0 Å². The van der Waals surface area contributed by atoms with Gasteiger partial charge in [0.2, 0.25) is 0 Å². The normalized spacial score (nSPS) is 21.7. The summed E-state index contributed by atoms with van der Waals surface area (Å²) in [4.78, 5) is 18.3. The molecule has 1 saturated carbocycles. The number of hydrogen-bond donors (Lipinski definition) is 2. The number of aliphatic imine (C=N–C) groups is 1. The number of nitrogens with zero attached hydrogens (tertiary/aromatic N) is 1. The van der Waals surface area contributed by atoms with Gasteiger partial charge < -0.3 is 10.6 Å². The van der Waals surface area contributed by atoms with Crippen molar-refractivity contribution in [2.24, 2.45) is 4.99 Å². The third-order valence-electron chi connectivity index (χ3n) is 6.94. The largest absolute Gasteiger partial charge is 0.368 e. The molecule has 3 aromatic rings. The van der Waals surface area contributed by atoms with Crippen molar-refractivity contribution in [3.63, 3.8) is 0 Å². The zero-order chi connectivity index (χ0) is 22.8. The monoisotopic (exact) mass is 437 g/mol. The number of fused-ring (bicyclic) bond motifs is 1. The number of carbonyl (C=O) groups excluding carboxylic acids is 1. The van der Waals surface area contributed by atoms with Crippen LogP contribution in [0.2, 0.25) is 0 Å². The third kappa shape index (κ3) is 4.30. The molecule has 3 aromatic carbocycles. The van der Waals surface area contributed by atoms with Gasteiger partial charge in [0.1, 0.15) is 11.4 Å². The number of nitrogens with one attached hydrogen (secondary N) is 2. The summed E-state index contributed by atoms with van der Waals surface area (Å²) in [5.74, 6) is 0.979. The SMILES string of the molecule is Cc1ccc(C2(C)Nc3cc(C(=O)c4ccccc4)ccc3NC2=NC2CCCCC2)cc1. The van der Waals surface area contributed by atoms with Gasteiger partial charge in [-0.2, -0.15) is 0 Å².